The molecule has 0 saturated carbocycles. The van der Waals surface area contributed by atoms with Crippen LogP contribution in [0.25, 0.3) is 5.69 Å². The molecule has 1 aromatic heterocycles. The van der Waals surface area contributed by atoms with E-state index in [0.29, 0.717) is 12.2 Å². The molecule has 2 aromatic rings. The van der Waals surface area contributed by atoms with Gasteiger partial charge in [-0.2, -0.15) is 0 Å². The number of carboxylic acids is 1. The van der Waals surface area contributed by atoms with E-state index in [1.54, 1.807) is 18.5 Å². The molecule has 1 heterocycles. The summed E-state index contributed by atoms with van der Waals surface area (Å²) in [6.07, 6.45) is 0.607. The van der Waals surface area contributed by atoms with Gasteiger partial charge in [0.25, 0.3) is 5.91 Å². The van der Waals surface area contributed by atoms with Crippen LogP contribution >= 0.6 is 0 Å². The maximum absolute atomic E-state index is 12.6. The average molecular weight is 316 g/mol. The maximum atomic E-state index is 12.6. The summed E-state index contributed by atoms with van der Waals surface area (Å²) >= 11 is 0. The van der Waals surface area contributed by atoms with Crippen LogP contribution in [-0.2, 0) is 11.2 Å². The van der Waals surface area contributed by atoms with Gasteiger partial charge in [-0.3, -0.25) is 9.59 Å². The number of aliphatic carboxylic acids is 1. The van der Waals surface area contributed by atoms with Crippen molar-refractivity contribution in [3.05, 3.63) is 42.0 Å². The lowest BCUT2D eigenvalue weighted by molar-refractivity contribution is -0.138. The highest BCUT2D eigenvalue weighted by Gasteiger charge is 2.26. The van der Waals surface area contributed by atoms with Crippen molar-refractivity contribution in [2.24, 2.45) is 0 Å². The number of benzene rings is 1. The predicted molar refractivity (Wildman–Crippen MR) is 84.5 cm³/mol. The fourth-order valence-corrected chi connectivity index (χ4v) is 2.20. The van der Waals surface area contributed by atoms with Crippen molar-refractivity contribution in [3.8, 4) is 5.69 Å². The molecular weight excluding hydrogens is 296 g/mol. The number of aromatic nitrogens is 3. The minimum absolute atomic E-state index is 0.0145. The van der Waals surface area contributed by atoms with Gasteiger partial charge in [0.2, 0.25) is 5.82 Å². The number of nitrogens with zero attached hydrogens (tertiary/aromatic N) is 4. The molecule has 1 amide bonds. The van der Waals surface area contributed by atoms with Gasteiger partial charge >= 0.3 is 5.97 Å². The molecule has 0 aliphatic heterocycles. The van der Waals surface area contributed by atoms with E-state index in [-0.39, 0.29) is 18.4 Å². The molecule has 2 rings (SSSR count). The molecule has 1 N–H and O–H groups in total. The van der Waals surface area contributed by atoms with E-state index in [0.717, 1.165) is 5.69 Å². The summed E-state index contributed by atoms with van der Waals surface area (Å²) in [5, 5.41) is 13.3. The van der Waals surface area contributed by atoms with Crippen molar-refractivity contribution in [1.29, 1.82) is 0 Å². The molecule has 7 nitrogen and oxygen atoms in total. The molecule has 0 fully saturated rings. The van der Waals surface area contributed by atoms with Crippen LogP contribution in [0.15, 0.2) is 30.3 Å². The zero-order valence-electron chi connectivity index (χ0n) is 13.4. The van der Waals surface area contributed by atoms with Gasteiger partial charge in [-0.05, 0) is 26.0 Å². The number of rotatable bonds is 6. The molecule has 7 heteroatoms. The summed E-state index contributed by atoms with van der Waals surface area (Å²) in [6.45, 7) is 5.07. The van der Waals surface area contributed by atoms with Gasteiger partial charge in [-0.25, -0.2) is 9.67 Å². The molecule has 1 aromatic carbocycles. The number of amides is 1. The molecule has 122 valence electrons. The first-order valence-electron chi connectivity index (χ1n) is 7.48. The average Bonchev–Trinajstić information content (AvgIpc) is 2.96. The van der Waals surface area contributed by atoms with Crippen LogP contribution in [0.4, 0.5) is 0 Å². The van der Waals surface area contributed by atoms with E-state index >= 15 is 0 Å². The number of carbonyl (C=O) groups excluding carboxylic acids is 1. The SMILES string of the molecule is CCc1nc(C(=O)N(CC(=O)O)C(C)C)nn1-c1ccccc1. The normalized spacial score (nSPS) is 10.8. The third-order valence-electron chi connectivity index (χ3n) is 3.37. The summed E-state index contributed by atoms with van der Waals surface area (Å²) in [5.74, 6) is -0.878. The molecule has 0 unspecified atom stereocenters. The standard InChI is InChI=1S/C16H20N4O3/c1-4-13-17-15(16(23)19(11(2)3)10-14(21)22)18-20(13)12-8-6-5-7-9-12/h5-9,11H,4,10H2,1-3H3,(H,21,22). The topological polar surface area (TPSA) is 88.3 Å². The lowest BCUT2D eigenvalue weighted by Gasteiger charge is -2.23. The Labute approximate surface area is 134 Å². The highest BCUT2D eigenvalue weighted by atomic mass is 16.4. The van der Waals surface area contributed by atoms with E-state index in [4.69, 9.17) is 5.11 Å². The molecule has 0 aliphatic rings. The first-order valence-corrected chi connectivity index (χ1v) is 7.48. The minimum Gasteiger partial charge on any atom is -0.480 e. The lowest BCUT2D eigenvalue weighted by atomic mass is 10.3. The van der Waals surface area contributed by atoms with Gasteiger partial charge in [0.15, 0.2) is 0 Å². The van der Waals surface area contributed by atoms with Gasteiger partial charge in [-0.15, -0.1) is 5.10 Å². The Bertz CT molecular complexity index is 695. The van der Waals surface area contributed by atoms with Gasteiger partial charge < -0.3 is 10.0 Å². The van der Waals surface area contributed by atoms with Crippen molar-refractivity contribution in [3.63, 3.8) is 0 Å². The van der Waals surface area contributed by atoms with Crippen molar-refractivity contribution in [1.82, 2.24) is 19.7 Å². The Morgan fingerprint density at radius 2 is 1.91 bits per heavy atom. The second-order valence-corrected chi connectivity index (χ2v) is 5.37. The predicted octanol–water partition coefficient (Wildman–Crippen LogP) is 1.76. The Balaban J connectivity index is 2.38. The molecule has 0 radical (unpaired) electrons. The van der Waals surface area contributed by atoms with Crippen LogP contribution in [0, 0.1) is 0 Å². The molecule has 0 aliphatic carbocycles. The Kier molecular flexibility index (Phi) is 5.10. The molecule has 0 saturated heterocycles. The molecule has 0 bridgehead atoms. The first-order chi connectivity index (χ1) is 10.9. The van der Waals surface area contributed by atoms with Crippen molar-refractivity contribution >= 4 is 11.9 Å². The lowest BCUT2D eigenvalue weighted by Crippen LogP contribution is -2.41. The molecular formula is C16H20N4O3. The Morgan fingerprint density at radius 3 is 2.43 bits per heavy atom. The highest BCUT2D eigenvalue weighted by molar-refractivity contribution is 5.92. The Hall–Kier alpha value is -2.70. The van der Waals surface area contributed by atoms with E-state index < -0.39 is 11.9 Å². The minimum atomic E-state index is -1.06. The molecule has 0 spiro atoms. The molecule has 23 heavy (non-hydrogen) atoms. The summed E-state index contributed by atoms with van der Waals surface area (Å²) in [6, 6.07) is 9.14. The smallest absolute Gasteiger partial charge is 0.323 e. The summed E-state index contributed by atoms with van der Waals surface area (Å²) in [4.78, 5) is 29.0. The van der Waals surface area contributed by atoms with E-state index in [9.17, 15) is 9.59 Å². The number of carbonyl (C=O) groups is 2. The largest absolute Gasteiger partial charge is 0.480 e. The summed E-state index contributed by atoms with van der Waals surface area (Å²) in [5.41, 5.74) is 0.810. The van der Waals surface area contributed by atoms with Gasteiger partial charge in [-0.1, -0.05) is 25.1 Å². The second kappa shape index (κ2) is 7.04. The van der Waals surface area contributed by atoms with Gasteiger partial charge in [0, 0.05) is 12.5 Å². The van der Waals surface area contributed by atoms with E-state index in [1.165, 1.54) is 4.90 Å². The zero-order valence-corrected chi connectivity index (χ0v) is 13.4. The zero-order chi connectivity index (χ0) is 17.0. The first kappa shape index (κ1) is 16.7. The van der Waals surface area contributed by atoms with Crippen molar-refractivity contribution in [2.75, 3.05) is 6.54 Å². The van der Waals surface area contributed by atoms with Crippen LogP contribution in [-0.4, -0.2) is 49.2 Å². The van der Waals surface area contributed by atoms with Crippen LogP contribution in [0.5, 0.6) is 0 Å². The monoisotopic (exact) mass is 316 g/mol. The fraction of sp³-hybridized carbons (Fsp3) is 0.375. The van der Waals surface area contributed by atoms with Gasteiger partial charge in [0.05, 0.1) is 5.69 Å². The second-order valence-electron chi connectivity index (χ2n) is 5.37. The highest BCUT2D eigenvalue weighted by Crippen LogP contribution is 2.12. The fourth-order valence-electron chi connectivity index (χ4n) is 2.20. The van der Waals surface area contributed by atoms with Crippen LogP contribution in [0.2, 0.25) is 0 Å². The summed E-state index contributed by atoms with van der Waals surface area (Å²) in [7, 11) is 0. The van der Waals surface area contributed by atoms with Crippen LogP contribution in [0.1, 0.15) is 37.2 Å². The number of aryl methyl sites for hydroxylation is 1. The van der Waals surface area contributed by atoms with E-state index in [2.05, 4.69) is 10.1 Å². The van der Waals surface area contributed by atoms with Gasteiger partial charge in [0.1, 0.15) is 12.4 Å². The van der Waals surface area contributed by atoms with Crippen molar-refractivity contribution in [2.45, 2.75) is 33.2 Å². The molecule has 0 atom stereocenters. The number of hydrogen-bond donors (Lipinski definition) is 1. The van der Waals surface area contributed by atoms with Crippen molar-refractivity contribution < 1.29 is 14.7 Å². The summed E-state index contributed by atoms with van der Waals surface area (Å²) < 4.78 is 1.62. The third-order valence-corrected chi connectivity index (χ3v) is 3.37. The Morgan fingerprint density at radius 1 is 1.26 bits per heavy atom. The van der Waals surface area contributed by atoms with Crippen LogP contribution < -0.4 is 0 Å². The van der Waals surface area contributed by atoms with Crippen LogP contribution in [0.3, 0.4) is 0 Å². The number of carboxylic acid groups (broad SMARTS) is 1. The third kappa shape index (κ3) is 3.74. The number of hydrogen-bond acceptors (Lipinski definition) is 4. The quantitative estimate of drug-likeness (QED) is 0.877. The maximum Gasteiger partial charge on any atom is 0.323 e. The van der Waals surface area contributed by atoms with E-state index in [1.807, 2.05) is 37.3 Å². The number of para-hydroxylation sites is 1.